The third-order valence-corrected chi connectivity index (χ3v) is 4.12. The van der Waals surface area contributed by atoms with Gasteiger partial charge in [-0.3, -0.25) is 4.79 Å². The van der Waals surface area contributed by atoms with Crippen molar-refractivity contribution in [2.75, 3.05) is 13.7 Å². The van der Waals surface area contributed by atoms with Gasteiger partial charge in [0.1, 0.15) is 15.6 Å². The highest BCUT2D eigenvalue weighted by atomic mass is 32.1. The summed E-state index contributed by atoms with van der Waals surface area (Å²) in [6, 6.07) is 7.63. The quantitative estimate of drug-likeness (QED) is 0.630. The van der Waals surface area contributed by atoms with Crippen molar-refractivity contribution in [3.8, 4) is 28.7 Å². The second kappa shape index (κ2) is 8.20. The average molecular weight is 314 g/mol. The van der Waals surface area contributed by atoms with Crippen molar-refractivity contribution in [1.29, 1.82) is 0 Å². The Balaban J connectivity index is 1.95. The molecule has 5 heteroatoms. The minimum atomic E-state index is -0.0904. The summed E-state index contributed by atoms with van der Waals surface area (Å²) in [5, 5.41) is 3.69. The van der Waals surface area contributed by atoms with Gasteiger partial charge in [-0.2, -0.15) is 0 Å². The van der Waals surface area contributed by atoms with E-state index in [1.807, 2.05) is 24.3 Å². The first-order valence-corrected chi connectivity index (χ1v) is 7.88. The van der Waals surface area contributed by atoms with Crippen molar-refractivity contribution in [2.24, 2.45) is 0 Å². The number of amides is 1. The fraction of sp³-hybridized carbons (Fsp3) is 0.294. The largest absolute Gasteiger partial charge is 0.497 e. The normalized spacial score (nSPS) is 10.0. The van der Waals surface area contributed by atoms with Gasteiger partial charge in [-0.15, -0.1) is 23.7 Å². The van der Waals surface area contributed by atoms with Crippen LogP contribution in [0.2, 0.25) is 0 Å². The number of thiazole rings is 1. The molecule has 4 nitrogen and oxygen atoms in total. The molecule has 0 spiro atoms. The maximum Gasteiger partial charge on any atom is 0.263 e. The molecule has 0 bridgehead atoms. The van der Waals surface area contributed by atoms with Crippen LogP contribution in [0, 0.1) is 12.3 Å². The van der Waals surface area contributed by atoms with Crippen LogP contribution in [-0.2, 0) is 0 Å². The second-order valence-corrected chi connectivity index (χ2v) is 5.71. The first-order chi connectivity index (χ1) is 10.7. The van der Waals surface area contributed by atoms with E-state index in [1.165, 1.54) is 11.3 Å². The van der Waals surface area contributed by atoms with Gasteiger partial charge < -0.3 is 10.1 Å². The first kappa shape index (κ1) is 16.1. The fourth-order valence-electron chi connectivity index (χ4n) is 1.91. The molecule has 0 aliphatic carbocycles. The molecule has 1 aromatic heterocycles. The highest BCUT2D eigenvalue weighted by Crippen LogP contribution is 2.27. The van der Waals surface area contributed by atoms with Gasteiger partial charge in [0.05, 0.1) is 13.3 Å². The number of nitrogens with one attached hydrogen (secondary N) is 1. The molecular formula is C17H18N2O2S. The minimum absolute atomic E-state index is 0.0904. The van der Waals surface area contributed by atoms with Gasteiger partial charge in [0.25, 0.3) is 5.91 Å². The highest BCUT2D eigenvalue weighted by molar-refractivity contribution is 7.16. The number of rotatable bonds is 7. The monoisotopic (exact) mass is 314 g/mol. The minimum Gasteiger partial charge on any atom is -0.497 e. The lowest BCUT2D eigenvalue weighted by molar-refractivity contribution is 0.0957. The predicted octanol–water partition coefficient (Wildman–Crippen LogP) is 3.35. The van der Waals surface area contributed by atoms with Crippen molar-refractivity contribution in [2.45, 2.75) is 19.3 Å². The summed E-state index contributed by atoms with van der Waals surface area (Å²) < 4.78 is 5.20. The maximum absolute atomic E-state index is 12.0. The Kier molecular flexibility index (Phi) is 5.99. The molecule has 0 atom stereocenters. The van der Waals surface area contributed by atoms with Crippen LogP contribution in [0.15, 0.2) is 30.5 Å². The Morgan fingerprint density at radius 2 is 2.32 bits per heavy atom. The fourth-order valence-corrected chi connectivity index (χ4v) is 2.74. The van der Waals surface area contributed by atoms with Crippen molar-refractivity contribution in [1.82, 2.24) is 10.3 Å². The molecular weight excluding hydrogens is 296 g/mol. The van der Waals surface area contributed by atoms with Gasteiger partial charge in [-0.1, -0.05) is 12.1 Å². The topological polar surface area (TPSA) is 51.2 Å². The first-order valence-electron chi connectivity index (χ1n) is 7.06. The van der Waals surface area contributed by atoms with Crippen LogP contribution < -0.4 is 10.1 Å². The lowest BCUT2D eigenvalue weighted by Crippen LogP contribution is -2.23. The second-order valence-electron chi connectivity index (χ2n) is 4.68. The molecule has 1 heterocycles. The number of terminal acetylenes is 1. The summed E-state index contributed by atoms with van der Waals surface area (Å²) in [5.41, 5.74) is 0.942. The molecule has 2 rings (SSSR count). The summed E-state index contributed by atoms with van der Waals surface area (Å²) in [5.74, 6) is 3.27. The van der Waals surface area contributed by atoms with Gasteiger partial charge >= 0.3 is 0 Å². The van der Waals surface area contributed by atoms with Crippen LogP contribution in [0.3, 0.4) is 0 Å². The number of hydrogen-bond donors (Lipinski definition) is 1. The average Bonchev–Trinajstić information content (AvgIpc) is 3.04. The Morgan fingerprint density at radius 3 is 3.09 bits per heavy atom. The molecule has 0 saturated heterocycles. The molecule has 0 saturated carbocycles. The van der Waals surface area contributed by atoms with E-state index in [4.69, 9.17) is 11.2 Å². The van der Waals surface area contributed by atoms with Crippen LogP contribution in [-0.4, -0.2) is 24.5 Å². The Hall–Kier alpha value is -2.32. The molecule has 1 aromatic carbocycles. The number of unbranched alkanes of at least 4 members (excludes halogenated alkanes) is 2. The zero-order chi connectivity index (χ0) is 15.8. The molecule has 2 aromatic rings. The molecule has 0 fully saturated rings. The molecule has 1 N–H and O–H groups in total. The summed E-state index contributed by atoms with van der Waals surface area (Å²) in [6.45, 7) is 0.632. The van der Waals surface area contributed by atoms with Gasteiger partial charge in [-0.05, 0) is 25.0 Å². The number of benzene rings is 1. The molecule has 1 amide bonds. The van der Waals surface area contributed by atoms with E-state index in [0.717, 1.165) is 35.6 Å². The lowest BCUT2D eigenvalue weighted by atomic mass is 10.2. The summed E-state index contributed by atoms with van der Waals surface area (Å²) in [6.07, 6.45) is 9.35. The van der Waals surface area contributed by atoms with E-state index in [-0.39, 0.29) is 5.91 Å². The molecule has 22 heavy (non-hydrogen) atoms. The van der Waals surface area contributed by atoms with Crippen molar-refractivity contribution in [3.05, 3.63) is 35.3 Å². The number of aromatic nitrogens is 1. The van der Waals surface area contributed by atoms with Gasteiger partial charge in [0, 0.05) is 18.5 Å². The Morgan fingerprint density at radius 1 is 1.45 bits per heavy atom. The van der Waals surface area contributed by atoms with Crippen LogP contribution in [0.1, 0.15) is 28.9 Å². The number of nitrogens with zero attached hydrogens (tertiary/aromatic N) is 1. The van der Waals surface area contributed by atoms with E-state index in [2.05, 4.69) is 16.2 Å². The van der Waals surface area contributed by atoms with E-state index >= 15 is 0 Å². The molecule has 0 unspecified atom stereocenters. The standard InChI is InChI=1S/C17H18N2O2S/c1-3-4-5-6-10-18-16(20)15-12-19-17(22-15)13-8-7-9-14(11-13)21-2/h1,7-9,11-12H,4-6,10H2,2H3,(H,18,20). The Bertz CT molecular complexity index is 673. The van der Waals surface area contributed by atoms with Gasteiger partial charge in [0.15, 0.2) is 0 Å². The third kappa shape index (κ3) is 4.34. The van der Waals surface area contributed by atoms with Crippen LogP contribution in [0.4, 0.5) is 0 Å². The van der Waals surface area contributed by atoms with E-state index in [0.29, 0.717) is 11.4 Å². The zero-order valence-electron chi connectivity index (χ0n) is 12.5. The number of ether oxygens (including phenoxy) is 1. The molecule has 0 aliphatic heterocycles. The molecule has 114 valence electrons. The maximum atomic E-state index is 12.0. The lowest BCUT2D eigenvalue weighted by Gasteiger charge is -2.02. The highest BCUT2D eigenvalue weighted by Gasteiger charge is 2.11. The predicted molar refractivity (Wildman–Crippen MR) is 89.1 cm³/mol. The van der Waals surface area contributed by atoms with Gasteiger partial charge in [-0.25, -0.2) is 4.98 Å². The van der Waals surface area contributed by atoms with Gasteiger partial charge in [0.2, 0.25) is 0 Å². The van der Waals surface area contributed by atoms with Crippen LogP contribution >= 0.6 is 11.3 Å². The number of carbonyl (C=O) groups is 1. The van der Waals surface area contributed by atoms with E-state index in [1.54, 1.807) is 13.3 Å². The SMILES string of the molecule is C#CCCCCNC(=O)c1cnc(-c2cccc(OC)c2)s1. The van der Waals surface area contributed by atoms with Crippen LogP contribution in [0.5, 0.6) is 5.75 Å². The summed E-state index contributed by atoms with van der Waals surface area (Å²) >= 11 is 1.37. The summed E-state index contributed by atoms with van der Waals surface area (Å²) in [7, 11) is 1.63. The van der Waals surface area contributed by atoms with Crippen molar-refractivity contribution < 1.29 is 9.53 Å². The third-order valence-electron chi connectivity index (χ3n) is 3.08. The van der Waals surface area contributed by atoms with E-state index < -0.39 is 0 Å². The smallest absolute Gasteiger partial charge is 0.263 e. The van der Waals surface area contributed by atoms with Crippen molar-refractivity contribution >= 4 is 17.2 Å². The molecule has 0 aliphatic rings. The molecule has 0 radical (unpaired) electrons. The zero-order valence-corrected chi connectivity index (χ0v) is 13.3. The van der Waals surface area contributed by atoms with Crippen molar-refractivity contribution in [3.63, 3.8) is 0 Å². The summed E-state index contributed by atoms with van der Waals surface area (Å²) in [4.78, 5) is 17.0. The number of hydrogen-bond acceptors (Lipinski definition) is 4. The Labute approximate surface area is 134 Å². The number of carbonyl (C=O) groups excluding carboxylic acids is 1. The van der Waals surface area contributed by atoms with E-state index in [9.17, 15) is 4.79 Å². The van der Waals surface area contributed by atoms with Crippen LogP contribution in [0.25, 0.3) is 10.6 Å². The number of methoxy groups -OCH3 is 1.